The summed E-state index contributed by atoms with van der Waals surface area (Å²) in [6.07, 6.45) is -0.822. The Morgan fingerprint density at radius 1 is 1.24 bits per heavy atom. The van der Waals surface area contributed by atoms with Gasteiger partial charge in [0.25, 0.3) is 5.91 Å². The number of nitrogens with one attached hydrogen (secondary N) is 1. The zero-order valence-corrected chi connectivity index (χ0v) is 14.6. The molecule has 0 saturated heterocycles. The van der Waals surface area contributed by atoms with Crippen molar-refractivity contribution in [2.45, 2.75) is 6.10 Å². The highest BCUT2D eigenvalue weighted by Crippen LogP contribution is 2.33. The van der Waals surface area contributed by atoms with E-state index in [1.165, 1.54) is 0 Å². The molecule has 3 N–H and O–H groups in total. The van der Waals surface area contributed by atoms with Crippen LogP contribution >= 0.6 is 23.2 Å². The first kappa shape index (κ1) is 17.4. The highest BCUT2D eigenvalue weighted by atomic mass is 35.5. The minimum Gasteiger partial charge on any atom is -0.477 e. The Labute approximate surface area is 154 Å². The Morgan fingerprint density at radius 3 is 2.76 bits per heavy atom. The van der Waals surface area contributed by atoms with Crippen molar-refractivity contribution in [1.29, 1.82) is 0 Å². The average molecular weight is 380 g/mol. The number of halogens is 2. The SMILES string of the molecule is NC(=O)C1CN(CC(=O)Nc2cc(Cl)ccc2Cl)c2ccccc2O1. The lowest BCUT2D eigenvalue weighted by atomic mass is 10.1. The molecule has 2 aromatic carbocycles. The molecule has 8 heteroatoms. The van der Waals surface area contributed by atoms with Crippen LogP contribution in [-0.2, 0) is 9.59 Å². The van der Waals surface area contributed by atoms with Crippen molar-refractivity contribution in [1.82, 2.24) is 0 Å². The summed E-state index contributed by atoms with van der Waals surface area (Å²) in [5.41, 5.74) is 6.49. The number of nitrogens with zero attached hydrogens (tertiary/aromatic N) is 1. The fourth-order valence-electron chi connectivity index (χ4n) is 2.56. The third kappa shape index (κ3) is 3.97. The van der Waals surface area contributed by atoms with Gasteiger partial charge in [-0.3, -0.25) is 9.59 Å². The number of hydrogen-bond acceptors (Lipinski definition) is 4. The van der Waals surface area contributed by atoms with Gasteiger partial charge in [0.15, 0.2) is 6.10 Å². The van der Waals surface area contributed by atoms with Gasteiger partial charge in [-0.15, -0.1) is 0 Å². The van der Waals surface area contributed by atoms with E-state index >= 15 is 0 Å². The quantitative estimate of drug-likeness (QED) is 0.854. The first-order chi connectivity index (χ1) is 11.9. The molecule has 2 aromatic rings. The van der Waals surface area contributed by atoms with Crippen molar-refractivity contribution >= 4 is 46.4 Å². The monoisotopic (exact) mass is 379 g/mol. The Balaban J connectivity index is 1.78. The number of fused-ring (bicyclic) bond motifs is 1. The summed E-state index contributed by atoms with van der Waals surface area (Å²) in [6.45, 7) is 0.191. The van der Waals surface area contributed by atoms with Crippen LogP contribution in [0, 0.1) is 0 Å². The molecule has 6 nitrogen and oxygen atoms in total. The van der Waals surface area contributed by atoms with E-state index in [1.54, 1.807) is 35.2 Å². The minimum absolute atomic E-state index is 0.00694. The Bertz CT molecular complexity index is 829. The third-order valence-electron chi connectivity index (χ3n) is 3.72. The first-order valence-corrected chi connectivity index (χ1v) is 8.24. The molecular formula is C17H15Cl2N3O3. The zero-order valence-electron chi connectivity index (χ0n) is 13.0. The number of amides is 2. The second-order valence-corrected chi connectivity index (χ2v) is 6.37. The lowest BCUT2D eigenvalue weighted by Gasteiger charge is -2.34. The standard InChI is InChI=1S/C17H15Cl2N3O3/c18-10-5-6-11(19)12(7-10)21-16(23)9-22-8-15(17(20)24)25-14-4-2-1-3-13(14)22/h1-7,15H,8-9H2,(H2,20,24)(H,21,23). The first-order valence-electron chi connectivity index (χ1n) is 7.49. The number of hydrogen-bond donors (Lipinski definition) is 2. The van der Waals surface area contributed by atoms with Crippen LogP contribution in [0.15, 0.2) is 42.5 Å². The lowest BCUT2D eigenvalue weighted by Crippen LogP contribution is -2.49. The molecular weight excluding hydrogens is 365 g/mol. The van der Waals surface area contributed by atoms with E-state index in [4.69, 9.17) is 33.7 Å². The van der Waals surface area contributed by atoms with E-state index in [9.17, 15) is 9.59 Å². The molecule has 1 aliphatic heterocycles. The topological polar surface area (TPSA) is 84.7 Å². The van der Waals surface area contributed by atoms with Crippen LogP contribution in [0.3, 0.4) is 0 Å². The van der Waals surface area contributed by atoms with E-state index in [2.05, 4.69) is 5.32 Å². The molecule has 25 heavy (non-hydrogen) atoms. The Kier molecular flexibility index (Phi) is 5.01. The van der Waals surface area contributed by atoms with Gasteiger partial charge in [0.05, 0.1) is 29.5 Å². The van der Waals surface area contributed by atoms with E-state index in [-0.39, 0.29) is 19.0 Å². The average Bonchev–Trinajstić information content (AvgIpc) is 2.58. The summed E-state index contributed by atoms with van der Waals surface area (Å²) in [6, 6.07) is 12.0. The fraction of sp³-hybridized carbons (Fsp3) is 0.176. The Hall–Kier alpha value is -2.44. The van der Waals surface area contributed by atoms with Crippen molar-refractivity contribution in [2.75, 3.05) is 23.3 Å². The number of carbonyl (C=O) groups excluding carboxylic acids is 2. The van der Waals surface area contributed by atoms with Crippen LogP contribution in [0.5, 0.6) is 5.75 Å². The molecule has 1 aliphatic rings. The maximum atomic E-state index is 12.4. The summed E-state index contributed by atoms with van der Waals surface area (Å²) < 4.78 is 5.57. The summed E-state index contributed by atoms with van der Waals surface area (Å²) in [5.74, 6) is -0.381. The van der Waals surface area contributed by atoms with Crippen molar-refractivity contribution in [3.8, 4) is 5.75 Å². The van der Waals surface area contributed by atoms with Gasteiger partial charge in [0.2, 0.25) is 5.91 Å². The maximum Gasteiger partial charge on any atom is 0.260 e. The molecule has 1 atom stereocenters. The van der Waals surface area contributed by atoms with Gasteiger partial charge in [-0.2, -0.15) is 0 Å². The molecule has 0 fully saturated rings. The number of carbonyl (C=O) groups is 2. The molecule has 130 valence electrons. The van der Waals surface area contributed by atoms with Crippen LogP contribution in [0.2, 0.25) is 10.0 Å². The lowest BCUT2D eigenvalue weighted by molar-refractivity contribution is -0.125. The second kappa shape index (κ2) is 7.21. The number of benzene rings is 2. The summed E-state index contributed by atoms with van der Waals surface area (Å²) in [7, 11) is 0. The fourth-order valence-corrected chi connectivity index (χ4v) is 2.90. The smallest absolute Gasteiger partial charge is 0.260 e. The number of nitrogens with two attached hydrogens (primary N) is 1. The molecule has 0 radical (unpaired) electrons. The molecule has 0 aromatic heterocycles. The van der Waals surface area contributed by atoms with Crippen LogP contribution < -0.4 is 20.7 Å². The molecule has 0 aliphatic carbocycles. The number of para-hydroxylation sites is 2. The third-order valence-corrected chi connectivity index (χ3v) is 4.28. The van der Waals surface area contributed by atoms with Gasteiger partial charge < -0.3 is 20.7 Å². The van der Waals surface area contributed by atoms with Gasteiger partial charge in [0, 0.05) is 5.02 Å². The largest absolute Gasteiger partial charge is 0.477 e. The van der Waals surface area contributed by atoms with Gasteiger partial charge in [-0.25, -0.2) is 0 Å². The summed E-state index contributed by atoms with van der Waals surface area (Å²) in [5, 5.41) is 3.57. The predicted molar refractivity (Wildman–Crippen MR) is 97.4 cm³/mol. The van der Waals surface area contributed by atoms with Gasteiger partial charge in [0.1, 0.15) is 5.75 Å². The normalized spacial score (nSPS) is 15.9. The molecule has 1 heterocycles. The van der Waals surface area contributed by atoms with E-state index in [1.807, 2.05) is 12.1 Å². The van der Waals surface area contributed by atoms with Crippen molar-refractivity contribution in [3.63, 3.8) is 0 Å². The zero-order chi connectivity index (χ0) is 18.0. The number of anilines is 2. The Morgan fingerprint density at radius 2 is 2.00 bits per heavy atom. The summed E-state index contributed by atoms with van der Waals surface area (Å²) in [4.78, 5) is 25.7. The number of primary amides is 1. The summed E-state index contributed by atoms with van der Waals surface area (Å²) >= 11 is 12.0. The maximum absolute atomic E-state index is 12.4. The van der Waals surface area contributed by atoms with Crippen LogP contribution in [0.25, 0.3) is 0 Å². The van der Waals surface area contributed by atoms with Crippen LogP contribution in [-0.4, -0.2) is 31.0 Å². The number of rotatable bonds is 4. The van der Waals surface area contributed by atoms with E-state index in [0.29, 0.717) is 27.2 Å². The van der Waals surface area contributed by atoms with Gasteiger partial charge in [-0.1, -0.05) is 35.3 Å². The molecule has 2 amide bonds. The molecule has 3 rings (SSSR count). The van der Waals surface area contributed by atoms with Crippen molar-refractivity contribution < 1.29 is 14.3 Å². The minimum atomic E-state index is -0.822. The van der Waals surface area contributed by atoms with Gasteiger partial charge >= 0.3 is 0 Å². The molecule has 0 bridgehead atoms. The number of ether oxygens (including phenoxy) is 1. The van der Waals surface area contributed by atoms with Crippen molar-refractivity contribution in [3.05, 3.63) is 52.5 Å². The highest BCUT2D eigenvalue weighted by Gasteiger charge is 2.30. The van der Waals surface area contributed by atoms with Crippen LogP contribution in [0.4, 0.5) is 11.4 Å². The van der Waals surface area contributed by atoms with Crippen LogP contribution in [0.1, 0.15) is 0 Å². The van der Waals surface area contributed by atoms with Gasteiger partial charge in [-0.05, 0) is 30.3 Å². The molecule has 1 unspecified atom stereocenters. The predicted octanol–water partition coefficient (Wildman–Crippen LogP) is 2.68. The van der Waals surface area contributed by atoms with Crippen molar-refractivity contribution in [2.24, 2.45) is 5.73 Å². The molecule has 0 spiro atoms. The molecule has 0 saturated carbocycles. The van der Waals surface area contributed by atoms with E-state index < -0.39 is 12.0 Å². The van der Waals surface area contributed by atoms with E-state index in [0.717, 1.165) is 0 Å². The second-order valence-electron chi connectivity index (χ2n) is 5.53. The highest BCUT2D eigenvalue weighted by molar-refractivity contribution is 6.35.